The summed E-state index contributed by atoms with van der Waals surface area (Å²) in [5.74, 6) is 0.842. The van der Waals surface area contributed by atoms with Crippen LogP contribution in [0.25, 0.3) is 0 Å². The quantitative estimate of drug-likeness (QED) is 0.719. The van der Waals surface area contributed by atoms with Crippen molar-refractivity contribution in [3.8, 4) is 0 Å². The molecule has 5 heteroatoms. The van der Waals surface area contributed by atoms with Crippen molar-refractivity contribution < 1.29 is 9.59 Å². The molecule has 0 spiro atoms. The van der Waals surface area contributed by atoms with Gasteiger partial charge in [0.15, 0.2) is 0 Å². The number of carbonyl (C=O) groups is 2. The van der Waals surface area contributed by atoms with E-state index in [-0.39, 0.29) is 11.8 Å². The van der Waals surface area contributed by atoms with Gasteiger partial charge in [-0.2, -0.15) is 0 Å². The Labute approximate surface area is 152 Å². The van der Waals surface area contributed by atoms with Crippen LogP contribution in [0, 0.1) is 5.92 Å². The first-order valence-corrected chi connectivity index (χ1v) is 9.95. The van der Waals surface area contributed by atoms with Gasteiger partial charge >= 0.3 is 0 Å². The Morgan fingerprint density at radius 3 is 2.84 bits per heavy atom. The topological polar surface area (TPSA) is 52.7 Å². The molecule has 0 bridgehead atoms. The summed E-state index contributed by atoms with van der Waals surface area (Å²) in [7, 11) is 0. The second-order valence-corrected chi connectivity index (χ2v) is 7.79. The summed E-state index contributed by atoms with van der Waals surface area (Å²) in [6.45, 7) is 9.66. The van der Waals surface area contributed by atoms with Crippen molar-refractivity contribution in [2.24, 2.45) is 5.92 Å². The van der Waals surface area contributed by atoms with Crippen molar-refractivity contribution in [1.29, 1.82) is 0 Å². The minimum Gasteiger partial charge on any atom is -0.356 e. The molecule has 2 rings (SSSR count). The van der Waals surface area contributed by atoms with Gasteiger partial charge in [-0.15, -0.1) is 0 Å². The van der Waals surface area contributed by atoms with Gasteiger partial charge in [-0.25, -0.2) is 0 Å². The number of carbonyl (C=O) groups excluding carboxylic acids is 2. The van der Waals surface area contributed by atoms with Gasteiger partial charge in [-0.05, 0) is 52.0 Å². The lowest BCUT2D eigenvalue weighted by atomic mass is 9.98. The van der Waals surface area contributed by atoms with Gasteiger partial charge in [0.2, 0.25) is 11.8 Å². The van der Waals surface area contributed by atoms with Crippen molar-refractivity contribution in [1.82, 2.24) is 15.1 Å². The van der Waals surface area contributed by atoms with Crippen LogP contribution in [-0.2, 0) is 9.59 Å². The molecule has 1 atom stereocenters. The minimum atomic E-state index is 0.0819. The number of allylic oxidation sites excluding steroid dienone is 1. The average Bonchev–Trinajstić information content (AvgIpc) is 2.81. The Kier molecular flexibility index (Phi) is 8.45. The molecule has 2 fully saturated rings. The average molecular weight is 350 g/mol. The number of nitrogens with zero attached hydrogens (tertiary/aromatic N) is 2. The molecule has 142 valence electrons. The van der Waals surface area contributed by atoms with Gasteiger partial charge in [0.05, 0.1) is 0 Å². The molecule has 2 aliphatic rings. The Hall–Kier alpha value is -1.36. The van der Waals surface area contributed by atoms with E-state index in [1.54, 1.807) is 0 Å². The predicted octanol–water partition coefficient (Wildman–Crippen LogP) is 2.57. The number of rotatable bonds is 7. The molecule has 0 saturated carbocycles. The third-order valence-electron chi connectivity index (χ3n) is 5.23. The fraction of sp³-hybridized carbons (Fsp3) is 0.800. The van der Waals surface area contributed by atoms with Crippen LogP contribution in [0.3, 0.4) is 0 Å². The van der Waals surface area contributed by atoms with Crippen LogP contribution < -0.4 is 5.32 Å². The van der Waals surface area contributed by atoms with E-state index in [9.17, 15) is 9.59 Å². The van der Waals surface area contributed by atoms with Gasteiger partial charge < -0.3 is 10.2 Å². The standard InChI is InChI=1S/C20H35N3O2/c1-17(2)9-13-22-11-6-7-18(16-22)15-21-19(24)10-14-23-12-5-3-4-8-20(23)25/h9,18H,3-8,10-16H2,1-2H3,(H,21,24). The number of amides is 2. The second-order valence-electron chi connectivity index (χ2n) is 7.79. The maximum absolute atomic E-state index is 12.1. The Morgan fingerprint density at radius 1 is 1.20 bits per heavy atom. The zero-order valence-corrected chi connectivity index (χ0v) is 16.1. The van der Waals surface area contributed by atoms with Crippen molar-refractivity contribution in [3.05, 3.63) is 11.6 Å². The molecule has 1 unspecified atom stereocenters. The highest BCUT2D eigenvalue weighted by molar-refractivity contribution is 5.79. The van der Waals surface area contributed by atoms with Crippen LogP contribution in [0.2, 0.25) is 0 Å². The number of nitrogens with one attached hydrogen (secondary N) is 1. The van der Waals surface area contributed by atoms with Crippen LogP contribution in [0.15, 0.2) is 11.6 Å². The molecule has 0 aliphatic carbocycles. The van der Waals surface area contributed by atoms with Crippen molar-refractivity contribution in [2.75, 3.05) is 39.3 Å². The summed E-state index contributed by atoms with van der Waals surface area (Å²) < 4.78 is 0. The molecule has 0 radical (unpaired) electrons. The van der Waals surface area contributed by atoms with E-state index in [1.807, 2.05) is 4.90 Å². The number of hydrogen-bond acceptors (Lipinski definition) is 3. The highest BCUT2D eigenvalue weighted by Gasteiger charge is 2.20. The number of likely N-dealkylation sites (tertiary alicyclic amines) is 2. The zero-order chi connectivity index (χ0) is 18.1. The highest BCUT2D eigenvalue weighted by atomic mass is 16.2. The van der Waals surface area contributed by atoms with E-state index < -0.39 is 0 Å². The number of piperidine rings is 1. The van der Waals surface area contributed by atoms with E-state index in [2.05, 4.69) is 30.1 Å². The summed E-state index contributed by atoms with van der Waals surface area (Å²) in [5, 5.41) is 3.09. The summed E-state index contributed by atoms with van der Waals surface area (Å²) in [6, 6.07) is 0. The normalized spacial score (nSPS) is 22.4. The lowest BCUT2D eigenvalue weighted by Gasteiger charge is -2.32. The Balaban J connectivity index is 1.65. The van der Waals surface area contributed by atoms with E-state index >= 15 is 0 Å². The van der Waals surface area contributed by atoms with Crippen LogP contribution >= 0.6 is 0 Å². The fourth-order valence-electron chi connectivity index (χ4n) is 3.65. The molecule has 5 nitrogen and oxygen atoms in total. The fourth-order valence-corrected chi connectivity index (χ4v) is 3.65. The van der Waals surface area contributed by atoms with Gasteiger partial charge in [0.1, 0.15) is 0 Å². The molecular formula is C20H35N3O2. The Morgan fingerprint density at radius 2 is 2.04 bits per heavy atom. The third-order valence-corrected chi connectivity index (χ3v) is 5.23. The molecule has 2 aliphatic heterocycles. The van der Waals surface area contributed by atoms with Crippen molar-refractivity contribution in [3.63, 3.8) is 0 Å². The highest BCUT2D eigenvalue weighted by Crippen LogP contribution is 2.16. The summed E-state index contributed by atoms with van der Waals surface area (Å²) in [5.41, 5.74) is 1.36. The summed E-state index contributed by atoms with van der Waals surface area (Å²) in [6.07, 6.45) is 8.93. The maximum atomic E-state index is 12.1. The second kappa shape index (κ2) is 10.6. The molecule has 2 heterocycles. The van der Waals surface area contributed by atoms with E-state index in [1.165, 1.54) is 18.4 Å². The SMILES string of the molecule is CC(C)=CCN1CCCC(CNC(=O)CCN2CCCCCC2=O)C1. The van der Waals surface area contributed by atoms with Gasteiger partial charge in [0, 0.05) is 45.6 Å². The molecule has 0 aromatic rings. The zero-order valence-electron chi connectivity index (χ0n) is 16.1. The lowest BCUT2D eigenvalue weighted by molar-refractivity contribution is -0.131. The monoisotopic (exact) mass is 349 g/mol. The van der Waals surface area contributed by atoms with Gasteiger partial charge in [0.25, 0.3) is 0 Å². The molecule has 0 aromatic carbocycles. The Bertz CT molecular complexity index is 472. The van der Waals surface area contributed by atoms with Crippen LogP contribution in [0.5, 0.6) is 0 Å². The summed E-state index contributed by atoms with van der Waals surface area (Å²) >= 11 is 0. The van der Waals surface area contributed by atoms with Gasteiger partial charge in [-0.3, -0.25) is 14.5 Å². The summed E-state index contributed by atoms with van der Waals surface area (Å²) in [4.78, 5) is 28.5. The van der Waals surface area contributed by atoms with Crippen LogP contribution in [0.4, 0.5) is 0 Å². The number of hydrogen-bond donors (Lipinski definition) is 1. The van der Waals surface area contributed by atoms with E-state index in [4.69, 9.17) is 0 Å². The molecule has 0 aromatic heterocycles. The smallest absolute Gasteiger partial charge is 0.222 e. The van der Waals surface area contributed by atoms with Crippen molar-refractivity contribution >= 4 is 11.8 Å². The predicted molar refractivity (Wildman–Crippen MR) is 101 cm³/mol. The first-order valence-electron chi connectivity index (χ1n) is 9.95. The maximum Gasteiger partial charge on any atom is 0.222 e. The van der Waals surface area contributed by atoms with Crippen LogP contribution in [-0.4, -0.2) is 60.9 Å². The molecule has 25 heavy (non-hydrogen) atoms. The third kappa shape index (κ3) is 7.59. The first kappa shape index (κ1) is 20.0. The van der Waals surface area contributed by atoms with E-state index in [0.717, 1.165) is 52.0 Å². The minimum absolute atomic E-state index is 0.0819. The molecule has 2 saturated heterocycles. The van der Waals surface area contributed by atoms with Gasteiger partial charge in [-0.1, -0.05) is 18.1 Å². The largest absolute Gasteiger partial charge is 0.356 e. The molecule has 1 N–H and O–H groups in total. The molecule has 2 amide bonds. The van der Waals surface area contributed by atoms with Crippen LogP contribution in [0.1, 0.15) is 58.8 Å². The molecular weight excluding hydrogens is 314 g/mol. The van der Waals surface area contributed by atoms with E-state index in [0.29, 0.717) is 25.3 Å². The first-order chi connectivity index (χ1) is 12.0. The van der Waals surface area contributed by atoms with Crippen molar-refractivity contribution in [2.45, 2.75) is 58.8 Å². The lowest BCUT2D eigenvalue weighted by Crippen LogP contribution is -2.41.